The molecule has 0 radical (unpaired) electrons. The molecule has 2 aromatic heterocycles. The Hall–Kier alpha value is -3.59. The van der Waals surface area contributed by atoms with Gasteiger partial charge >= 0.3 is 0 Å². The summed E-state index contributed by atoms with van der Waals surface area (Å²) in [6, 6.07) is 7.73. The van der Waals surface area contributed by atoms with Crippen molar-refractivity contribution < 1.29 is 19.0 Å². The van der Waals surface area contributed by atoms with Crippen molar-refractivity contribution in [2.24, 2.45) is 0 Å². The molecule has 3 heterocycles. The van der Waals surface area contributed by atoms with Crippen LogP contribution in [-0.4, -0.2) is 50.1 Å². The molecule has 0 spiro atoms. The number of rotatable bonds is 6. The zero-order valence-corrected chi connectivity index (χ0v) is 20.9. The Kier molecular flexibility index (Phi) is 6.22. The summed E-state index contributed by atoms with van der Waals surface area (Å²) in [7, 11) is 6.23. The monoisotopic (exact) mass is 480 g/mol. The third kappa shape index (κ3) is 3.86. The molecular weight excluding hydrogens is 452 g/mol. The number of hydrogen-bond donors (Lipinski definition) is 2. The zero-order chi connectivity index (χ0) is 24.6. The summed E-state index contributed by atoms with van der Waals surface area (Å²) >= 11 is 1.54. The number of aromatic nitrogens is 1. The van der Waals surface area contributed by atoms with Crippen molar-refractivity contribution in [3.63, 3.8) is 0 Å². The number of aryl methyl sites for hydroxylation is 1. The van der Waals surface area contributed by atoms with Gasteiger partial charge in [-0.1, -0.05) is 0 Å². The van der Waals surface area contributed by atoms with Gasteiger partial charge in [0.1, 0.15) is 0 Å². The van der Waals surface area contributed by atoms with E-state index in [4.69, 9.17) is 19.6 Å². The fraction of sp³-hybridized carbons (Fsp3) is 0.320. The second kappa shape index (κ2) is 8.98. The van der Waals surface area contributed by atoms with Crippen LogP contribution in [0.4, 0.5) is 0 Å². The van der Waals surface area contributed by atoms with Crippen molar-refractivity contribution >= 4 is 23.2 Å². The summed E-state index contributed by atoms with van der Waals surface area (Å²) in [5.74, 6) is 0.581. The number of ether oxygens (including phenoxy) is 3. The summed E-state index contributed by atoms with van der Waals surface area (Å²) in [5, 5.41) is 13.8. The van der Waals surface area contributed by atoms with E-state index in [1.807, 2.05) is 26.2 Å². The smallest absolute Gasteiger partial charge is 0.239 e. The van der Waals surface area contributed by atoms with Gasteiger partial charge in [0.05, 0.1) is 32.8 Å². The van der Waals surface area contributed by atoms with Gasteiger partial charge in [0.25, 0.3) is 0 Å². The highest BCUT2D eigenvalue weighted by atomic mass is 32.1. The van der Waals surface area contributed by atoms with Crippen LogP contribution in [0.1, 0.15) is 28.8 Å². The Morgan fingerprint density at radius 1 is 1.06 bits per heavy atom. The van der Waals surface area contributed by atoms with Gasteiger partial charge in [0, 0.05) is 29.9 Å². The van der Waals surface area contributed by atoms with E-state index in [2.05, 4.69) is 27.8 Å². The summed E-state index contributed by atoms with van der Waals surface area (Å²) < 4.78 is 16.6. The molecule has 178 valence electrons. The number of pyridine rings is 1. The lowest BCUT2D eigenvalue weighted by Crippen LogP contribution is -2.62. The van der Waals surface area contributed by atoms with E-state index in [1.54, 1.807) is 51.8 Å². The average Bonchev–Trinajstić information content (AvgIpc) is 3.33. The van der Waals surface area contributed by atoms with Crippen LogP contribution in [-0.2, 0) is 10.3 Å². The molecule has 0 aliphatic carbocycles. The Morgan fingerprint density at radius 2 is 1.74 bits per heavy atom. The number of thiophene rings is 1. The molecular formula is C25H28N4O4S. The summed E-state index contributed by atoms with van der Waals surface area (Å²) in [5.41, 5.74) is 2.90. The molecule has 1 saturated heterocycles. The van der Waals surface area contributed by atoms with Crippen molar-refractivity contribution in [3.05, 3.63) is 58.0 Å². The van der Waals surface area contributed by atoms with E-state index >= 15 is 0 Å². The maximum absolute atomic E-state index is 13.6. The Balaban J connectivity index is 1.87. The minimum absolute atomic E-state index is 0.0448. The van der Waals surface area contributed by atoms with Crippen LogP contribution in [0, 0.1) is 12.3 Å². The number of benzene rings is 1. The molecule has 8 nitrogen and oxygen atoms in total. The fourth-order valence-corrected chi connectivity index (χ4v) is 5.44. The lowest BCUT2D eigenvalue weighted by molar-refractivity contribution is -0.131. The highest BCUT2D eigenvalue weighted by molar-refractivity contribution is 7.10. The van der Waals surface area contributed by atoms with E-state index in [0.717, 1.165) is 21.6 Å². The van der Waals surface area contributed by atoms with Crippen molar-refractivity contribution in [2.45, 2.75) is 25.3 Å². The molecule has 2 N–H and O–H groups in total. The summed E-state index contributed by atoms with van der Waals surface area (Å²) in [6.45, 7) is 3.95. The third-order valence-corrected chi connectivity index (χ3v) is 7.38. The number of nitrogens with one attached hydrogen (secondary N) is 2. The largest absolute Gasteiger partial charge is 0.493 e. The van der Waals surface area contributed by atoms with Crippen molar-refractivity contribution in [1.82, 2.24) is 15.2 Å². The summed E-state index contributed by atoms with van der Waals surface area (Å²) in [6.07, 6.45) is 3.64. The number of guanidine groups is 1. The number of nitrogens with zero attached hydrogens (tertiary/aromatic N) is 2. The molecule has 1 unspecified atom stereocenters. The first kappa shape index (κ1) is 23.6. The Bertz CT molecular complexity index is 1230. The molecule has 1 aromatic carbocycles. The van der Waals surface area contributed by atoms with Crippen molar-refractivity contribution in [3.8, 4) is 28.4 Å². The molecule has 1 fully saturated rings. The molecule has 1 amide bonds. The van der Waals surface area contributed by atoms with Crippen LogP contribution in [0.3, 0.4) is 0 Å². The number of likely N-dealkylation sites (N-methyl/N-ethyl adjacent to an activating group) is 1. The topological polar surface area (TPSA) is 96.8 Å². The number of amides is 1. The van der Waals surface area contributed by atoms with Gasteiger partial charge in [-0.05, 0) is 60.2 Å². The van der Waals surface area contributed by atoms with Gasteiger partial charge in [-0.2, -0.15) is 0 Å². The first-order valence-corrected chi connectivity index (χ1v) is 11.6. The van der Waals surface area contributed by atoms with Crippen LogP contribution in [0.15, 0.2) is 42.0 Å². The van der Waals surface area contributed by atoms with Crippen molar-refractivity contribution in [2.75, 3.05) is 28.4 Å². The van der Waals surface area contributed by atoms with E-state index in [1.165, 1.54) is 4.90 Å². The molecule has 0 saturated carbocycles. The van der Waals surface area contributed by atoms with E-state index in [-0.39, 0.29) is 11.9 Å². The second-order valence-electron chi connectivity index (χ2n) is 8.42. The van der Waals surface area contributed by atoms with Gasteiger partial charge in [-0.3, -0.25) is 20.1 Å². The third-order valence-electron chi connectivity index (χ3n) is 6.21. The van der Waals surface area contributed by atoms with Gasteiger partial charge in [-0.15, -0.1) is 11.3 Å². The lowest BCUT2D eigenvalue weighted by atomic mass is 9.76. The average molecular weight is 481 g/mol. The Labute approximate surface area is 203 Å². The van der Waals surface area contributed by atoms with Crippen LogP contribution < -0.4 is 19.5 Å². The maximum atomic E-state index is 13.6. The molecule has 1 aliphatic heterocycles. The van der Waals surface area contributed by atoms with Gasteiger partial charge in [-0.25, -0.2) is 0 Å². The first-order valence-electron chi connectivity index (χ1n) is 10.7. The van der Waals surface area contributed by atoms with Crippen molar-refractivity contribution in [1.29, 1.82) is 5.41 Å². The molecule has 9 heteroatoms. The number of methoxy groups -OCH3 is 3. The highest BCUT2D eigenvalue weighted by Crippen LogP contribution is 2.48. The second-order valence-corrected chi connectivity index (χ2v) is 9.33. The summed E-state index contributed by atoms with van der Waals surface area (Å²) in [4.78, 5) is 20.2. The van der Waals surface area contributed by atoms with E-state index < -0.39 is 11.5 Å². The van der Waals surface area contributed by atoms with Crippen LogP contribution in [0.25, 0.3) is 11.1 Å². The minimum atomic E-state index is -0.883. The van der Waals surface area contributed by atoms with Gasteiger partial charge in [0.15, 0.2) is 17.5 Å². The predicted octanol–water partition coefficient (Wildman–Crippen LogP) is 4.14. The Morgan fingerprint density at radius 3 is 2.32 bits per heavy atom. The van der Waals surface area contributed by atoms with Crippen LogP contribution >= 0.6 is 11.3 Å². The molecule has 34 heavy (non-hydrogen) atoms. The highest BCUT2D eigenvalue weighted by Gasteiger charge is 2.49. The van der Waals surface area contributed by atoms with Crippen LogP contribution in [0.5, 0.6) is 17.2 Å². The lowest BCUT2D eigenvalue weighted by Gasteiger charge is -2.45. The number of carbonyl (C=O) groups is 1. The number of carbonyl (C=O) groups excluding carboxylic acids is 1. The standard InChI is InChI=1S/C25H28N4O4S/c1-14-7-16(12-27-11-14)17-10-20(34-13-17)25(2)21(23(30)29(3)24(26)28-25)15-8-18(31-4)22(33-6)19(9-15)32-5/h7-13,21H,1-6H3,(H2,26,28)/t21?,25-/m1/s1. The number of hydrogen-bond acceptors (Lipinski definition) is 7. The minimum Gasteiger partial charge on any atom is -0.493 e. The molecule has 0 bridgehead atoms. The normalized spacial score (nSPS) is 20.2. The fourth-order valence-electron chi connectivity index (χ4n) is 4.37. The zero-order valence-electron chi connectivity index (χ0n) is 20.1. The van der Waals surface area contributed by atoms with E-state index in [9.17, 15) is 4.79 Å². The quantitative estimate of drug-likeness (QED) is 0.551. The van der Waals surface area contributed by atoms with E-state index in [0.29, 0.717) is 22.8 Å². The molecule has 3 aromatic rings. The van der Waals surface area contributed by atoms with Crippen LogP contribution in [0.2, 0.25) is 0 Å². The molecule has 2 atom stereocenters. The molecule has 1 aliphatic rings. The predicted molar refractivity (Wildman–Crippen MR) is 132 cm³/mol. The maximum Gasteiger partial charge on any atom is 0.239 e. The SMILES string of the molecule is COc1cc(C2C(=O)N(C)C(=N)N[C@]2(C)c2cc(-c3cncc(C)c3)cs2)cc(OC)c1OC. The van der Waals surface area contributed by atoms with Gasteiger partial charge < -0.3 is 19.5 Å². The first-order chi connectivity index (χ1) is 16.2. The van der Waals surface area contributed by atoms with Gasteiger partial charge in [0.2, 0.25) is 11.7 Å². The molecule has 4 rings (SSSR count).